The molecular weight excluding hydrogens is 325 g/mol. The van der Waals surface area contributed by atoms with Crippen LogP contribution in [0.4, 0.5) is 5.69 Å². The van der Waals surface area contributed by atoms with Gasteiger partial charge in [-0.2, -0.15) is 4.98 Å². The van der Waals surface area contributed by atoms with Crippen molar-refractivity contribution in [1.29, 1.82) is 0 Å². The lowest BCUT2D eigenvalue weighted by Gasteiger charge is -2.10. The Morgan fingerprint density at radius 3 is 2.50 bits per heavy atom. The second kappa shape index (κ2) is 6.26. The summed E-state index contributed by atoms with van der Waals surface area (Å²) >= 11 is 17.6. The molecule has 0 fully saturated rings. The molecule has 0 saturated heterocycles. The molecule has 0 spiro atoms. The summed E-state index contributed by atoms with van der Waals surface area (Å²) in [6.45, 7) is 0. The van der Waals surface area contributed by atoms with Gasteiger partial charge in [-0.3, -0.25) is 4.79 Å². The summed E-state index contributed by atoms with van der Waals surface area (Å²) in [7, 11) is 1.37. The first-order valence-corrected chi connectivity index (χ1v) is 6.48. The highest BCUT2D eigenvalue weighted by molar-refractivity contribution is 6.40. The molecule has 0 bridgehead atoms. The van der Waals surface area contributed by atoms with Gasteiger partial charge in [0, 0.05) is 6.20 Å². The molecule has 1 amide bonds. The van der Waals surface area contributed by atoms with Gasteiger partial charge in [-0.25, -0.2) is 4.98 Å². The number of amides is 1. The predicted octanol–water partition coefficient (Wildman–Crippen LogP) is 3.70. The zero-order valence-electron chi connectivity index (χ0n) is 10.2. The Labute approximate surface area is 129 Å². The van der Waals surface area contributed by atoms with Crippen LogP contribution in [0.3, 0.4) is 0 Å². The SMILES string of the molecule is COc1nc(Cl)ncc1C(=O)Nc1c(Cl)cccc1Cl. The lowest BCUT2D eigenvalue weighted by molar-refractivity contribution is 0.102. The van der Waals surface area contributed by atoms with Crippen LogP contribution in [0.15, 0.2) is 24.4 Å². The average Bonchev–Trinajstić information content (AvgIpc) is 2.42. The number of hydrogen-bond acceptors (Lipinski definition) is 4. The van der Waals surface area contributed by atoms with Crippen LogP contribution in [-0.4, -0.2) is 23.0 Å². The fraction of sp³-hybridized carbons (Fsp3) is 0.0833. The third-order valence-corrected chi connectivity index (χ3v) is 3.18. The van der Waals surface area contributed by atoms with Crippen molar-refractivity contribution in [1.82, 2.24) is 9.97 Å². The van der Waals surface area contributed by atoms with Gasteiger partial charge in [-0.1, -0.05) is 29.3 Å². The third-order valence-electron chi connectivity index (χ3n) is 2.36. The number of methoxy groups -OCH3 is 1. The number of hydrogen-bond donors (Lipinski definition) is 1. The molecule has 0 saturated carbocycles. The molecule has 104 valence electrons. The number of anilines is 1. The summed E-state index contributed by atoms with van der Waals surface area (Å²) in [5, 5.41) is 3.20. The maximum absolute atomic E-state index is 12.2. The third kappa shape index (κ3) is 3.12. The number of rotatable bonds is 3. The van der Waals surface area contributed by atoms with E-state index in [1.807, 2.05) is 0 Å². The topological polar surface area (TPSA) is 64.1 Å². The van der Waals surface area contributed by atoms with Gasteiger partial charge in [0.15, 0.2) is 0 Å². The molecule has 1 aromatic carbocycles. The quantitative estimate of drug-likeness (QED) is 0.871. The van der Waals surface area contributed by atoms with E-state index in [4.69, 9.17) is 39.5 Å². The Bertz CT molecular complexity index is 644. The summed E-state index contributed by atoms with van der Waals surface area (Å²) in [6, 6.07) is 4.89. The normalized spacial score (nSPS) is 10.2. The van der Waals surface area contributed by atoms with Crippen molar-refractivity contribution < 1.29 is 9.53 Å². The van der Waals surface area contributed by atoms with Gasteiger partial charge in [-0.05, 0) is 23.7 Å². The highest BCUT2D eigenvalue weighted by Gasteiger charge is 2.17. The highest BCUT2D eigenvalue weighted by atomic mass is 35.5. The zero-order chi connectivity index (χ0) is 14.7. The minimum Gasteiger partial charge on any atom is -0.480 e. The molecule has 8 heteroatoms. The summed E-state index contributed by atoms with van der Waals surface area (Å²) < 4.78 is 4.98. The van der Waals surface area contributed by atoms with Crippen molar-refractivity contribution >= 4 is 46.4 Å². The van der Waals surface area contributed by atoms with E-state index < -0.39 is 5.91 Å². The zero-order valence-corrected chi connectivity index (χ0v) is 12.4. The van der Waals surface area contributed by atoms with Crippen molar-refractivity contribution in [3.8, 4) is 5.88 Å². The molecule has 0 aliphatic heterocycles. The molecular formula is C12H8Cl3N3O2. The predicted molar refractivity (Wildman–Crippen MR) is 78.0 cm³/mol. The molecule has 1 N–H and O–H groups in total. The van der Waals surface area contributed by atoms with Crippen LogP contribution in [0.2, 0.25) is 15.3 Å². The molecule has 0 radical (unpaired) electrons. The van der Waals surface area contributed by atoms with E-state index in [-0.39, 0.29) is 16.7 Å². The Morgan fingerprint density at radius 1 is 1.25 bits per heavy atom. The minimum absolute atomic E-state index is 0.0193. The standard InChI is InChI=1S/C12H8Cl3N3O2/c1-20-11-6(5-16-12(15)18-11)10(19)17-9-7(13)3-2-4-8(9)14/h2-5H,1H3,(H,17,19). The number of nitrogens with one attached hydrogen (secondary N) is 1. The molecule has 0 aliphatic rings. The van der Waals surface area contributed by atoms with E-state index in [1.165, 1.54) is 13.3 Å². The van der Waals surface area contributed by atoms with Crippen LogP contribution < -0.4 is 10.1 Å². The highest BCUT2D eigenvalue weighted by Crippen LogP contribution is 2.30. The van der Waals surface area contributed by atoms with E-state index in [2.05, 4.69) is 15.3 Å². The minimum atomic E-state index is -0.506. The summed E-state index contributed by atoms with van der Waals surface area (Å²) in [4.78, 5) is 19.7. The molecule has 1 aromatic heterocycles. The first-order valence-electron chi connectivity index (χ1n) is 5.35. The number of para-hydroxylation sites is 1. The fourth-order valence-corrected chi connectivity index (χ4v) is 2.07. The Morgan fingerprint density at radius 2 is 1.90 bits per heavy atom. The smallest absolute Gasteiger partial charge is 0.262 e. The van der Waals surface area contributed by atoms with E-state index in [9.17, 15) is 4.79 Å². The van der Waals surface area contributed by atoms with Gasteiger partial charge >= 0.3 is 0 Å². The first-order chi connectivity index (χ1) is 9.52. The van der Waals surface area contributed by atoms with Crippen LogP contribution in [0.1, 0.15) is 10.4 Å². The van der Waals surface area contributed by atoms with E-state index in [1.54, 1.807) is 18.2 Å². The number of aromatic nitrogens is 2. The Balaban J connectivity index is 2.33. The largest absolute Gasteiger partial charge is 0.480 e. The summed E-state index contributed by atoms with van der Waals surface area (Å²) in [5.41, 5.74) is 0.422. The molecule has 5 nitrogen and oxygen atoms in total. The molecule has 1 heterocycles. The number of carbonyl (C=O) groups is 1. The van der Waals surface area contributed by atoms with E-state index >= 15 is 0 Å². The van der Waals surface area contributed by atoms with Crippen LogP contribution in [0.5, 0.6) is 5.88 Å². The van der Waals surface area contributed by atoms with Gasteiger partial charge in [0.1, 0.15) is 5.56 Å². The van der Waals surface area contributed by atoms with Crippen LogP contribution in [0, 0.1) is 0 Å². The lowest BCUT2D eigenvalue weighted by Crippen LogP contribution is -2.15. The van der Waals surface area contributed by atoms with Crippen molar-refractivity contribution in [3.63, 3.8) is 0 Å². The molecule has 2 aromatic rings. The second-order valence-corrected chi connectivity index (χ2v) is 4.77. The van der Waals surface area contributed by atoms with E-state index in [0.29, 0.717) is 15.7 Å². The van der Waals surface area contributed by atoms with Crippen molar-refractivity contribution in [2.45, 2.75) is 0 Å². The van der Waals surface area contributed by atoms with Gasteiger partial charge in [0.25, 0.3) is 5.91 Å². The number of halogens is 3. The summed E-state index contributed by atoms with van der Waals surface area (Å²) in [5.74, 6) is -0.445. The van der Waals surface area contributed by atoms with Gasteiger partial charge < -0.3 is 10.1 Å². The van der Waals surface area contributed by atoms with Gasteiger partial charge in [0.05, 0.1) is 22.8 Å². The van der Waals surface area contributed by atoms with Gasteiger partial charge in [0.2, 0.25) is 11.2 Å². The van der Waals surface area contributed by atoms with Crippen LogP contribution in [0.25, 0.3) is 0 Å². The lowest BCUT2D eigenvalue weighted by atomic mass is 10.2. The van der Waals surface area contributed by atoms with Gasteiger partial charge in [-0.15, -0.1) is 0 Å². The number of nitrogens with zero attached hydrogens (tertiary/aromatic N) is 2. The summed E-state index contributed by atoms with van der Waals surface area (Å²) in [6.07, 6.45) is 1.26. The maximum atomic E-state index is 12.2. The fourth-order valence-electron chi connectivity index (χ4n) is 1.46. The maximum Gasteiger partial charge on any atom is 0.262 e. The molecule has 20 heavy (non-hydrogen) atoms. The van der Waals surface area contributed by atoms with Crippen molar-refractivity contribution in [2.24, 2.45) is 0 Å². The average molecular weight is 333 g/mol. The molecule has 0 unspecified atom stereocenters. The number of ether oxygens (including phenoxy) is 1. The number of carbonyl (C=O) groups excluding carboxylic acids is 1. The number of benzene rings is 1. The first kappa shape index (κ1) is 14.8. The van der Waals surface area contributed by atoms with Crippen molar-refractivity contribution in [3.05, 3.63) is 45.3 Å². The monoisotopic (exact) mass is 331 g/mol. The Hall–Kier alpha value is -1.56. The van der Waals surface area contributed by atoms with Crippen LogP contribution in [-0.2, 0) is 0 Å². The molecule has 0 aliphatic carbocycles. The van der Waals surface area contributed by atoms with Crippen LogP contribution >= 0.6 is 34.8 Å². The second-order valence-electron chi connectivity index (χ2n) is 3.61. The molecule has 2 rings (SSSR count). The Kier molecular flexibility index (Phi) is 4.65. The molecule has 0 atom stereocenters. The van der Waals surface area contributed by atoms with Crippen molar-refractivity contribution in [2.75, 3.05) is 12.4 Å². The van der Waals surface area contributed by atoms with E-state index in [0.717, 1.165) is 0 Å².